The largest absolute Gasteiger partial charge is 0.394 e. The number of benzene rings is 1. The van der Waals surface area contributed by atoms with Gasteiger partial charge >= 0.3 is 0 Å². The lowest BCUT2D eigenvalue weighted by Crippen LogP contribution is -2.39. The molecule has 3 N–H and O–H groups in total. The molecule has 1 aromatic rings. The Kier molecular flexibility index (Phi) is 4.01. The van der Waals surface area contributed by atoms with Crippen LogP contribution in [0.15, 0.2) is 18.2 Å². The summed E-state index contributed by atoms with van der Waals surface area (Å²) in [6, 6.07) is 5.82. The van der Waals surface area contributed by atoms with Gasteiger partial charge < -0.3 is 20.4 Å². The van der Waals surface area contributed by atoms with Gasteiger partial charge in [-0.1, -0.05) is 13.8 Å². The molecule has 1 unspecified atom stereocenters. The van der Waals surface area contributed by atoms with E-state index in [1.54, 1.807) is 11.9 Å². The molecular formula is C15H22N2O3. The smallest absolute Gasteiger partial charge is 0.227 e. The third kappa shape index (κ3) is 2.78. The van der Waals surface area contributed by atoms with Gasteiger partial charge in [0.25, 0.3) is 0 Å². The molecule has 0 saturated carbocycles. The average molecular weight is 278 g/mol. The monoisotopic (exact) mass is 278 g/mol. The molecule has 0 saturated heterocycles. The summed E-state index contributed by atoms with van der Waals surface area (Å²) in [6.07, 6.45) is -0.289. The molecule has 1 amide bonds. The molecule has 5 heteroatoms. The number of nitrogens with one attached hydrogen (secondary N) is 1. The molecular weight excluding hydrogens is 256 g/mol. The summed E-state index contributed by atoms with van der Waals surface area (Å²) in [5.74, 6) is 0.124. The molecule has 0 bridgehead atoms. The van der Waals surface area contributed by atoms with E-state index in [9.17, 15) is 9.90 Å². The molecule has 110 valence electrons. The van der Waals surface area contributed by atoms with Crippen molar-refractivity contribution in [3.05, 3.63) is 23.8 Å². The lowest BCUT2D eigenvalue weighted by atomic mass is 9.77. The second kappa shape index (κ2) is 5.42. The molecule has 2 rings (SSSR count). The molecule has 1 heterocycles. The van der Waals surface area contributed by atoms with Gasteiger partial charge in [0.05, 0.1) is 12.7 Å². The van der Waals surface area contributed by atoms with Gasteiger partial charge in [-0.05, 0) is 23.8 Å². The van der Waals surface area contributed by atoms with Crippen LogP contribution in [-0.2, 0) is 10.2 Å². The maximum absolute atomic E-state index is 12.0. The van der Waals surface area contributed by atoms with Crippen LogP contribution in [0.25, 0.3) is 0 Å². The second-order valence-corrected chi connectivity index (χ2v) is 5.96. The van der Waals surface area contributed by atoms with E-state index in [-0.39, 0.29) is 17.9 Å². The van der Waals surface area contributed by atoms with Crippen molar-refractivity contribution < 1.29 is 15.0 Å². The summed E-state index contributed by atoms with van der Waals surface area (Å²) in [5, 5.41) is 21.3. The van der Waals surface area contributed by atoms with E-state index in [2.05, 4.69) is 19.2 Å². The highest BCUT2D eigenvalue weighted by molar-refractivity contribution is 5.97. The summed E-state index contributed by atoms with van der Waals surface area (Å²) in [7, 11) is 1.79. The van der Waals surface area contributed by atoms with Crippen molar-refractivity contribution in [2.45, 2.75) is 31.8 Å². The Balaban J connectivity index is 2.28. The van der Waals surface area contributed by atoms with Gasteiger partial charge in [-0.15, -0.1) is 0 Å². The van der Waals surface area contributed by atoms with Crippen LogP contribution in [0.2, 0.25) is 0 Å². The first-order chi connectivity index (χ1) is 9.35. The normalized spacial score (nSPS) is 18.6. The first-order valence-corrected chi connectivity index (χ1v) is 6.79. The van der Waals surface area contributed by atoms with Gasteiger partial charge in [0.2, 0.25) is 5.91 Å². The Labute approximate surface area is 119 Å². The SMILES string of the molecule is CN1C(=O)CC(C)(C)c2cc(NCC(O)CO)ccc21. The molecule has 1 atom stereocenters. The Morgan fingerprint density at radius 1 is 1.45 bits per heavy atom. The predicted molar refractivity (Wildman–Crippen MR) is 79.1 cm³/mol. The van der Waals surface area contributed by atoms with Crippen molar-refractivity contribution in [2.24, 2.45) is 0 Å². The van der Waals surface area contributed by atoms with Crippen molar-refractivity contribution in [3.63, 3.8) is 0 Å². The minimum absolute atomic E-state index is 0.124. The predicted octanol–water partition coefficient (Wildman–Crippen LogP) is 1.10. The fourth-order valence-corrected chi connectivity index (χ4v) is 2.51. The van der Waals surface area contributed by atoms with Gasteiger partial charge in [0.1, 0.15) is 0 Å². The number of nitrogens with zero attached hydrogens (tertiary/aromatic N) is 1. The third-order valence-corrected chi connectivity index (χ3v) is 3.81. The van der Waals surface area contributed by atoms with Gasteiger partial charge in [-0.25, -0.2) is 0 Å². The quantitative estimate of drug-likeness (QED) is 0.771. The van der Waals surface area contributed by atoms with Gasteiger partial charge in [-0.2, -0.15) is 0 Å². The van der Waals surface area contributed by atoms with Crippen LogP contribution in [0.3, 0.4) is 0 Å². The molecule has 5 nitrogen and oxygen atoms in total. The second-order valence-electron chi connectivity index (χ2n) is 5.96. The summed E-state index contributed by atoms with van der Waals surface area (Å²) in [5.41, 5.74) is 2.72. The Bertz CT molecular complexity index is 514. The lowest BCUT2D eigenvalue weighted by Gasteiger charge is -2.37. The summed E-state index contributed by atoms with van der Waals surface area (Å²) in [4.78, 5) is 13.6. The van der Waals surface area contributed by atoms with E-state index in [4.69, 9.17) is 5.11 Å². The van der Waals surface area contributed by atoms with Crippen molar-refractivity contribution in [1.29, 1.82) is 0 Å². The zero-order valence-electron chi connectivity index (χ0n) is 12.2. The van der Waals surface area contributed by atoms with Gasteiger partial charge in [-0.3, -0.25) is 4.79 Å². The number of aliphatic hydroxyl groups is 2. The fourth-order valence-electron chi connectivity index (χ4n) is 2.51. The van der Waals surface area contributed by atoms with E-state index < -0.39 is 6.10 Å². The van der Waals surface area contributed by atoms with Crippen LogP contribution in [-0.4, -0.2) is 42.4 Å². The standard InChI is InChI=1S/C15H22N2O3/c1-15(2)7-14(20)17(3)13-5-4-10(6-12(13)15)16-8-11(19)9-18/h4-6,11,16,18-19H,7-9H2,1-3H3. The molecule has 0 spiro atoms. The minimum atomic E-state index is -0.775. The van der Waals surface area contributed by atoms with Gasteiger partial charge in [0.15, 0.2) is 0 Å². The zero-order valence-corrected chi connectivity index (χ0v) is 12.2. The number of aliphatic hydroxyl groups excluding tert-OH is 2. The molecule has 0 aromatic heterocycles. The first-order valence-electron chi connectivity index (χ1n) is 6.79. The van der Waals surface area contributed by atoms with Crippen molar-refractivity contribution in [3.8, 4) is 0 Å². The van der Waals surface area contributed by atoms with Crippen molar-refractivity contribution in [2.75, 3.05) is 30.4 Å². The highest BCUT2D eigenvalue weighted by Crippen LogP contribution is 2.40. The third-order valence-electron chi connectivity index (χ3n) is 3.81. The molecule has 0 aliphatic carbocycles. The molecule has 0 radical (unpaired) electrons. The molecule has 1 aromatic carbocycles. The first kappa shape index (κ1) is 14.8. The number of amides is 1. The fraction of sp³-hybridized carbons (Fsp3) is 0.533. The highest BCUT2D eigenvalue weighted by Gasteiger charge is 2.35. The van der Waals surface area contributed by atoms with Crippen LogP contribution in [0.5, 0.6) is 0 Å². The van der Waals surface area contributed by atoms with Crippen LogP contribution < -0.4 is 10.2 Å². The average Bonchev–Trinajstić information content (AvgIpc) is 2.41. The minimum Gasteiger partial charge on any atom is -0.394 e. The zero-order chi connectivity index (χ0) is 14.9. The van der Waals surface area contributed by atoms with E-state index >= 15 is 0 Å². The van der Waals surface area contributed by atoms with Crippen LogP contribution in [0.4, 0.5) is 11.4 Å². The van der Waals surface area contributed by atoms with Crippen molar-refractivity contribution in [1.82, 2.24) is 0 Å². The van der Waals surface area contributed by atoms with E-state index in [1.165, 1.54) is 0 Å². The Morgan fingerprint density at radius 2 is 2.15 bits per heavy atom. The number of carbonyl (C=O) groups is 1. The lowest BCUT2D eigenvalue weighted by molar-refractivity contribution is -0.119. The van der Waals surface area contributed by atoms with E-state index in [0.29, 0.717) is 13.0 Å². The highest BCUT2D eigenvalue weighted by atomic mass is 16.3. The number of rotatable bonds is 4. The molecule has 1 aliphatic rings. The maximum Gasteiger partial charge on any atom is 0.227 e. The van der Waals surface area contributed by atoms with E-state index in [1.807, 2.05) is 18.2 Å². The van der Waals surface area contributed by atoms with Crippen LogP contribution in [0, 0.1) is 0 Å². The number of fused-ring (bicyclic) bond motifs is 1. The topological polar surface area (TPSA) is 72.8 Å². The molecule has 20 heavy (non-hydrogen) atoms. The number of anilines is 2. The molecule has 1 aliphatic heterocycles. The Morgan fingerprint density at radius 3 is 2.80 bits per heavy atom. The Hall–Kier alpha value is -1.59. The summed E-state index contributed by atoms with van der Waals surface area (Å²) >= 11 is 0. The van der Waals surface area contributed by atoms with Gasteiger partial charge in [0, 0.05) is 36.8 Å². The number of hydrogen-bond acceptors (Lipinski definition) is 4. The van der Waals surface area contributed by atoms with Crippen LogP contribution >= 0.6 is 0 Å². The van der Waals surface area contributed by atoms with E-state index in [0.717, 1.165) is 16.9 Å². The summed E-state index contributed by atoms with van der Waals surface area (Å²) < 4.78 is 0. The van der Waals surface area contributed by atoms with Crippen LogP contribution in [0.1, 0.15) is 25.8 Å². The maximum atomic E-state index is 12.0. The number of carbonyl (C=O) groups excluding carboxylic acids is 1. The molecule has 0 fully saturated rings. The van der Waals surface area contributed by atoms with Crippen molar-refractivity contribution >= 4 is 17.3 Å². The number of hydrogen-bond donors (Lipinski definition) is 3. The summed E-state index contributed by atoms with van der Waals surface area (Å²) in [6.45, 7) is 4.15.